The summed E-state index contributed by atoms with van der Waals surface area (Å²) in [6.07, 6.45) is 1.40. The molecule has 0 saturated carbocycles. The fraction of sp³-hybridized carbons (Fsp3) is 0.588. The van der Waals surface area contributed by atoms with Crippen LogP contribution in [0.5, 0.6) is 0 Å². The normalized spacial score (nSPS) is 22.9. The molecule has 2 aliphatic rings. The molecular weight excluding hydrogens is 422 g/mol. The van der Waals surface area contributed by atoms with Gasteiger partial charge in [-0.2, -0.15) is 17.0 Å². The SMILES string of the molecule is O=C(NCc1cccc(Br)c1)[C@H]1CCCN(S(=O)(=O)N2CCOCC2)C1. The van der Waals surface area contributed by atoms with Gasteiger partial charge in [0.2, 0.25) is 5.91 Å². The highest BCUT2D eigenvalue weighted by atomic mass is 79.9. The van der Waals surface area contributed by atoms with E-state index < -0.39 is 10.2 Å². The third kappa shape index (κ3) is 4.83. The molecule has 2 aliphatic heterocycles. The molecule has 0 unspecified atom stereocenters. The Kier molecular flexibility index (Phi) is 6.68. The predicted octanol–water partition coefficient (Wildman–Crippen LogP) is 1.35. The van der Waals surface area contributed by atoms with Gasteiger partial charge in [0.15, 0.2) is 0 Å². The van der Waals surface area contributed by atoms with Gasteiger partial charge in [0, 0.05) is 37.2 Å². The van der Waals surface area contributed by atoms with Gasteiger partial charge in [-0.3, -0.25) is 4.79 Å². The predicted molar refractivity (Wildman–Crippen MR) is 102 cm³/mol. The lowest BCUT2D eigenvalue weighted by molar-refractivity contribution is -0.126. The molecule has 2 heterocycles. The molecule has 1 atom stereocenters. The lowest BCUT2D eigenvalue weighted by atomic mass is 9.99. The van der Waals surface area contributed by atoms with E-state index in [-0.39, 0.29) is 18.4 Å². The number of benzene rings is 1. The first-order valence-corrected chi connectivity index (χ1v) is 11.0. The number of morpholine rings is 1. The summed E-state index contributed by atoms with van der Waals surface area (Å²) in [6.45, 7) is 2.73. The van der Waals surface area contributed by atoms with E-state index in [1.807, 2.05) is 24.3 Å². The maximum absolute atomic E-state index is 12.8. The lowest BCUT2D eigenvalue weighted by Crippen LogP contribution is -2.52. The van der Waals surface area contributed by atoms with Crippen LogP contribution in [0.2, 0.25) is 0 Å². The van der Waals surface area contributed by atoms with Crippen LogP contribution in [-0.4, -0.2) is 62.3 Å². The highest BCUT2D eigenvalue weighted by Gasteiger charge is 2.36. The van der Waals surface area contributed by atoms with Gasteiger partial charge in [0.05, 0.1) is 19.1 Å². The van der Waals surface area contributed by atoms with E-state index in [0.717, 1.165) is 10.0 Å². The summed E-state index contributed by atoms with van der Waals surface area (Å²) in [7, 11) is -3.52. The molecule has 1 N–H and O–H groups in total. The number of nitrogens with one attached hydrogen (secondary N) is 1. The van der Waals surface area contributed by atoms with Crippen LogP contribution in [-0.2, 0) is 26.3 Å². The van der Waals surface area contributed by atoms with Gasteiger partial charge in [0.25, 0.3) is 10.2 Å². The van der Waals surface area contributed by atoms with Crippen LogP contribution in [0.15, 0.2) is 28.7 Å². The molecular formula is C17H24BrN3O4S. The Bertz CT molecular complexity index is 737. The van der Waals surface area contributed by atoms with E-state index in [2.05, 4.69) is 21.2 Å². The largest absolute Gasteiger partial charge is 0.379 e. The van der Waals surface area contributed by atoms with Crippen molar-refractivity contribution in [2.45, 2.75) is 19.4 Å². The van der Waals surface area contributed by atoms with Crippen molar-refractivity contribution >= 4 is 32.0 Å². The van der Waals surface area contributed by atoms with E-state index in [9.17, 15) is 13.2 Å². The zero-order valence-electron chi connectivity index (χ0n) is 14.6. The molecule has 1 amide bonds. The molecule has 0 aliphatic carbocycles. The van der Waals surface area contributed by atoms with Gasteiger partial charge in [-0.1, -0.05) is 28.1 Å². The Hall–Kier alpha value is -1.00. The Morgan fingerprint density at radius 3 is 2.73 bits per heavy atom. The molecule has 0 aromatic heterocycles. The minimum absolute atomic E-state index is 0.0909. The highest BCUT2D eigenvalue weighted by Crippen LogP contribution is 2.22. The second-order valence-corrected chi connectivity index (χ2v) is 9.41. The van der Waals surface area contributed by atoms with Crippen molar-refractivity contribution in [1.82, 2.24) is 13.9 Å². The second-order valence-electron chi connectivity index (χ2n) is 6.56. The number of rotatable bonds is 5. The molecule has 1 aromatic carbocycles. The molecule has 7 nitrogen and oxygen atoms in total. The minimum Gasteiger partial charge on any atom is -0.379 e. The summed E-state index contributed by atoms with van der Waals surface area (Å²) in [6, 6.07) is 7.75. The first-order valence-electron chi connectivity index (χ1n) is 8.82. The summed E-state index contributed by atoms with van der Waals surface area (Å²) >= 11 is 3.41. The van der Waals surface area contributed by atoms with Crippen molar-refractivity contribution in [3.63, 3.8) is 0 Å². The fourth-order valence-corrected chi connectivity index (χ4v) is 5.40. The number of hydrogen-bond acceptors (Lipinski definition) is 4. The Balaban J connectivity index is 1.58. The third-order valence-corrected chi connectivity index (χ3v) is 7.23. The van der Waals surface area contributed by atoms with Crippen LogP contribution in [0.4, 0.5) is 0 Å². The number of carbonyl (C=O) groups is 1. The van der Waals surface area contributed by atoms with Crippen LogP contribution in [0.3, 0.4) is 0 Å². The molecule has 2 saturated heterocycles. The van der Waals surface area contributed by atoms with E-state index in [0.29, 0.717) is 52.2 Å². The van der Waals surface area contributed by atoms with E-state index in [1.54, 1.807) is 0 Å². The van der Waals surface area contributed by atoms with E-state index in [1.165, 1.54) is 8.61 Å². The third-order valence-electron chi connectivity index (χ3n) is 4.73. The van der Waals surface area contributed by atoms with Gasteiger partial charge in [-0.05, 0) is 30.5 Å². The number of hydrogen-bond donors (Lipinski definition) is 1. The molecule has 144 valence electrons. The number of nitrogens with zero attached hydrogens (tertiary/aromatic N) is 2. The quantitative estimate of drug-likeness (QED) is 0.741. The van der Waals surface area contributed by atoms with Crippen molar-refractivity contribution in [2.75, 3.05) is 39.4 Å². The molecule has 26 heavy (non-hydrogen) atoms. The smallest absolute Gasteiger partial charge is 0.282 e. The molecule has 3 rings (SSSR count). The van der Waals surface area contributed by atoms with Gasteiger partial charge in [0.1, 0.15) is 0 Å². The summed E-state index contributed by atoms with van der Waals surface area (Å²) in [4.78, 5) is 12.5. The van der Waals surface area contributed by atoms with Crippen LogP contribution < -0.4 is 5.32 Å². The molecule has 0 bridgehead atoms. The number of piperidine rings is 1. The van der Waals surface area contributed by atoms with Crippen molar-refractivity contribution in [2.24, 2.45) is 5.92 Å². The minimum atomic E-state index is -3.52. The fourth-order valence-electron chi connectivity index (χ4n) is 3.29. The molecule has 2 fully saturated rings. The first-order chi connectivity index (χ1) is 12.5. The average Bonchev–Trinajstić information content (AvgIpc) is 2.67. The number of ether oxygens (including phenoxy) is 1. The average molecular weight is 446 g/mol. The zero-order valence-corrected chi connectivity index (χ0v) is 17.0. The van der Waals surface area contributed by atoms with E-state index in [4.69, 9.17) is 4.74 Å². The molecule has 1 aromatic rings. The van der Waals surface area contributed by atoms with Crippen molar-refractivity contribution in [1.29, 1.82) is 0 Å². The second kappa shape index (κ2) is 8.79. The monoisotopic (exact) mass is 445 g/mol. The standard InChI is InChI=1S/C17H24BrN3O4S/c18-16-5-1-3-14(11-16)12-19-17(22)15-4-2-6-21(13-15)26(23,24)20-7-9-25-10-8-20/h1,3,5,11,15H,2,4,6-10,12-13H2,(H,19,22)/t15-/m0/s1. The first kappa shape index (κ1) is 19.8. The highest BCUT2D eigenvalue weighted by molar-refractivity contribution is 9.10. The van der Waals surface area contributed by atoms with Crippen LogP contribution >= 0.6 is 15.9 Å². The Morgan fingerprint density at radius 2 is 2.00 bits per heavy atom. The van der Waals surface area contributed by atoms with Crippen LogP contribution in [0.25, 0.3) is 0 Å². The Labute approximate surface area is 163 Å². The summed E-state index contributed by atoms with van der Waals surface area (Å²) in [5, 5.41) is 2.93. The van der Waals surface area contributed by atoms with Gasteiger partial charge in [-0.15, -0.1) is 0 Å². The van der Waals surface area contributed by atoms with Gasteiger partial charge in [-0.25, -0.2) is 0 Å². The van der Waals surface area contributed by atoms with Crippen LogP contribution in [0, 0.1) is 5.92 Å². The van der Waals surface area contributed by atoms with Gasteiger partial charge >= 0.3 is 0 Å². The van der Waals surface area contributed by atoms with Crippen LogP contribution in [0.1, 0.15) is 18.4 Å². The molecule has 0 spiro atoms. The molecule has 9 heteroatoms. The van der Waals surface area contributed by atoms with Crippen molar-refractivity contribution in [3.05, 3.63) is 34.3 Å². The maximum atomic E-state index is 12.8. The molecule has 0 radical (unpaired) electrons. The lowest BCUT2D eigenvalue weighted by Gasteiger charge is -2.36. The number of amides is 1. The zero-order chi connectivity index (χ0) is 18.6. The van der Waals surface area contributed by atoms with Gasteiger partial charge < -0.3 is 10.1 Å². The van der Waals surface area contributed by atoms with Crippen molar-refractivity contribution in [3.8, 4) is 0 Å². The summed E-state index contributed by atoms with van der Waals surface area (Å²) in [5.41, 5.74) is 1.00. The van der Waals surface area contributed by atoms with E-state index >= 15 is 0 Å². The topological polar surface area (TPSA) is 79.0 Å². The van der Waals surface area contributed by atoms with Crippen molar-refractivity contribution < 1.29 is 17.9 Å². The maximum Gasteiger partial charge on any atom is 0.282 e. The Morgan fingerprint density at radius 1 is 1.23 bits per heavy atom. The number of carbonyl (C=O) groups excluding carboxylic acids is 1. The summed E-state index contributed by atoms with van der Waals surface area (Å²) < 4.78 is 34.7. The number of halogens is 1. The summed E-state index contributed by atoms with van der Waals surface area (Å²) in [5.74, 6) is -0.404.